The SMILES string of the molecule is CCOC(=O)C(C(=O)OCC)C1CN(C(=O)OC(C)(C)C)C1. The Kier molecular flexibility index (Phi) is 6.20. The minimum absolute atomic E-state index is 0.192. The van der Waals surface area contributed by atoms with Gasteiger partial charge in [-0.1, -0.05) is 0 Å². The van der Waals surface area contributed by atoms with Crippen LogP contribution in [0.15, 0.2) is 0 Å². The maximum Gasteiger partial charge on any atom is 0.410 e. The molecule has 0 aromatic carbocycles. The van der Waals surface area contributed by atoms with Crippen LogP contribution in [-0.4, -0.2) is 54.8 Å². The van der Waals surface area contributed by atoms with Crippen LogP contribution in [0.4, 0.5) is 4.79 Å². The van der Waals surface area contributed by atoms with Gasteiger partial charge in [0.1, 0.15) is 5.60 Å². The highest BCUT2D eigenvalue weighted by molar-refractivity contribution is 5.95. The Balaban J connectivity index is 2.63. The van der Waals surface area contributed by atoms with Crippen molar-refractivity contribution >= 4 is 18.0 Å². The lowest BCUT2D eigenvalue weighted by atomic mass is 9.86. The Labute approximate surface area is 130 Å². The summed E-state index contributed by atoms with van der Waals surface area (Å²) in [7, 11) is 0. The van der Waals surface area contributed by atoms with E-state index in [-0.39, 0.29) is 32.2 Å². The number of rotatable bonds is 5. The second kappa shape index (κ2) is 7.47. The summed E-state index contributed by atoms with van der Waals surface area (Å²) in [6.07, 6.45) is -0.449. The molecule has 7 heteroatoms. The minimum atomic E-state index is -0.987. The second-order valence-electron chi connectivity index (χ2n) is 6.13. The van der Waals surface area contributed by atoms with Gasteiger partial charge in [0.15, 0.2) is 5.92 Å². The Bertz CT molecular complexity index is 404. The molecule has 0 aromatic heterocycles. The second-order valence-corrected chi connectivity index (χ2v) is 6.13. The zero-order valence-corrected chi connectivity index (χ0v) is 13.9. The van der Waals surface area contributed by atoms with Crippen LogP contribution in [0.2, 0.25) is 0 Å². The number of esters is 2. The Morgan fingerprint density at radius 2 is 1.50 bits per heavy atom. The molecule has 0 bridgehead atoms. The molecular formula is C15H25NO6. The standard InChI is InChI=1S/C15H25NO6/c1-6-20-12(17)11(13(18)21-7-2)10-8-16(9-10)14(19)22-15(3,4)5/h10-11H,6-9H2,1-5H3. The first-order valence-corrected chi connectivity index (χ1v) is 7.50. The highest BCUT2D eigenvalue weighted by Crippen LogP contribution is 2.28. The van der Waals surface area contributed by atoms with Gasteiger partial charge in [-0.2, -0.15) is 0 Å². The van der Waals surface area contributed by atoms with Crippen molar-refractivity contribution in [1.82, 2.24) is 4.90 Å². The molecule has 1 saturated heterocycles. The topological polar surface area (TPSA) is 82.1 Å². The van der Waals surface area contributed by atoms with E-state index in [1.807, 2.05) is 0 Å². The van der Waals surface area contributed by atoms with E-state index in [1.165, 1.54) is 4.90 Å². The first-order valence-electron chi connectivity index (χ1n) is 7.50. The van der Waals surface area contributed by atoms with Crippen molar-refractivity contribution in [3.63, 3.8) is 0 Å². The predicted octanol–water partition coefficient (Wildman–Crippen LogP) is 1.60. The van der Waals surface area contributed by atoms with Gasteiger partial charge in [-0.3, -0.25) is 9.59 Å². The molecule has 7 nitrogen and oxygen atoms in total. The molecule has 126 valence electrons. The third kappa shape index (κ3) is 4.89. The fraction of sp³-hybridized carbons (Fsp3) is 0.800. The summed E-state index contributed by atoms with van der Waals surface area (Å²) >= 11 is 0. The number of nitrogens with zero attached hydrogens (tertiary/aromatic N) is 1. The van der Waals surface area contributed by atoms with Crippen LogP contribution in [0, 0.1) is 11.8 Å². The van der Waals surface area contributed by atoms with Gasteiger partial charge in [0, 0.05) is 19.0 Å². The normalized spacial score (nSPS) is 15.3. The molecule has 0 aliphatic carbocycles. The van der Waals surface area contributed by atoms with Crippen molar-refractivity contribution in [2.45, 2.75) is 40.2 Å². The molecule has 0 N–H and O–H groups in total. The first kappa shape index (κ1) is 18.3. The van der Waals surface area contributed by atoms with Crippen LogP contribution in [0.5, 0.6) is 0 Å². The number of hydrogen-bond acceptors (Lipinski definition) is 6. The summed E-state index contributed by atoms with van der Waals surface area (Å²) in [5.74, 6) is -2.49. The van der Waals surface area contributed by atoms with E-state index < -0.39 is 29.6 Å². The van der Waals surface area contributed by atoms with Crippen LogP contribution in [0.1, 0.15) is 34.6 Å². The van der Waals surface area contributed by atoms with E-state index in [1.54, 1.807) is 34.6 Å². The molecule has 1 aliphatic heterocycles. The van der Waals surface area contributed by atoms with Gasteiger partial charge in [0.2, 0.25) is 0 Å². The first-order chi connectivity index (χ1) is 10.2. The van der Waals surface area contributed by atoms with Crippen molar-refractivity contribution in [2.24, 2.45) is 11.8 Å². The number of ether oxygens (including phenoxy) is 3. The maximum atomic E-state index is 11.9. The fourth-order valence-electron chi connectivity index (χ4n) is 2.14. The van der Waals surface area contributed by atoms with Crippen LogP contribution in [-0.2, 0) is 23.8 Å². The molecule has 1 rings (SSSR count). The minimum Gasteiger partial charge on any atom is -0.465 e. The summed E-state index contributed by atoms with van der Waals surface area (Å²) in [6.45, 7) is 9.62. The van der Waals surface area contributed by atoms with Crippen molar-refractivity contribution in [3.8, 4) is 0 Å². The van der Waals surface area contributed by atoms with Gasteiger partial charge in [0.25, 0.3) is 0 Å². The molecular weight excluding hydrogens is 290 g/mol. The van der Waals surface area contributed by atoms with Gasteiger partial charge in [-0.25, -0.2) is 4.79 Å². The molecule has 22 heavy (non-hydrogen) atoms. The Hall–Kier alpha value is -1.79. The van der Waals surface area contributed by atoms with Gasteiger partial charge in [-0.05, 0) is 34.6 Å². The molecule has 1 aliphatic rings. The molecule has 0 atom stereocenters. The maximum absolute atomic E-state index is 11.9. The van der Waals surface area contributed by atoms with E-state index in [0.717, 1.165) is 0 Å². The van der Waals surface area contributed by atoms with E-state index in [4.69, 9.17) is 14.2 Å². The molecule has 0 spiro atoms. The molecule has 0 radical (unpaired) electrons. The number of hydrogen-bond donors (Lipinski definition) is 0. The quantitative estimate of drug-likeness (QED) is 0.435. The highest BCUT2D eigenvalue weighted by Gasteiger charge is 2.46. The summed E-state index contributed by atoms with van der Waals surface area (Å²) in [5.41, 5.74) is -0.580. The van der Waals surface area contributed by atoms with Crippen LogP contribution >= 0.6 is 0 Å². The smallest absolute Gasteiger partial charge is 0.410 e. The molecule has 0 aromatic rings. The lowest BCUT2D eigenvalue weighted by Gasteiger charge is -2.41. The predicted molar refractivity (Wildman–Crippen MR) is 78.1 cm³/mol. The Morgan fingerprint density at radius 3 is 1.86 bits per heavy atom. The number of carbonyl (C=O) groups is 3. The number of amides is 1. The summed E-state index contributed by atoms with van der Waals surface area (Å²) < 4.78 is 15.1. The average Bonchev–Trinajstić information content (AvgIpc) is 2.30. The summed E-state index contributed by atoms with van der Waals surface area (Å²) in [6, 6.07) is 0. The molecule has 1 amide bonds. The average molecular weight is 315 g/mol. The van der Waals surface area contributed by atoms with Crippen LogP contribution in [0.25, 0.3) is 0 Å². The van der Waals surface area contributed by atoms with Gasteiger partial charge < -0.3 is 19.1 Å². The number of likely N-dealkylation sites (tertiary alicyclic amines) is 1. The highest BCUT2D eigenvalue weighted by atomic mass is 16.6. The zero-order valence-electron chi connectivity index (χ0n) is 13.9. The largest absolute Gasteiger partial charge is 0.465 e. The van der Waals surface area contributed by atoms with Gasteiger partial charge in [0.05, 0.1) is 13.2 Å². The van der Waals surface area contributed by atoms with Gasteiger partial charge in [-0.15, -0.1) is 0 Å². The third-order valence-corrected chi connectivity index (χ3v) is 3.11. The number of carbonyl (C=O) groups excluding carboxylic acids is 3. The Morgan fingerprint density at radius 1 is 1.05 bits per heavy atom. The van der Waals surface area contributed by atoms with Crippen molar-refractivity contribution in [1.29, 1.82) is 0 Å². The van der Waals surface area contributed by atoms with Crippen molar-refractivity contribution < 1.29 is 28.6 Å². The van der Waals surface area contributed by atoms with Crippen LogP contribution < -0.4 is 0 Å². The van der Waals surface area contributed by atoms with Crippen LogP contribution in [0.3, 0.4) is 0 Å². The molecule has 1 heterocycles. The van der Waals surface area contributed by atoms with Gasteiger partial charge >= 0.3 is 18.0 Å². The lowest BCUT2D eigenvalue weighted by Crippen LogP contribution is -2.57. The molecule has 1 fully saturated rings. The van der Waals surface area contributed by atoms with Crippen molar-refractivity contribution in [3.05, 3.63) is 0 Å². The van der Waals surface area contributed by atoms with E-state index in [0.29, 0.717) is 0 Å². The monoisotopic (exact) mass is 315 g/mol. The van der Waals surface area contributed by atoms with E-state index in [2.05, 4.69) is 0 Å². The summed E-state index contributed by atoms with van der Waals surface area (Å²) in [4.78, 5) is 37.2. The fourth-order valence-corrected chi connectivity index (χ4v) is 2.14. The van der Waals surface area contributed by atoms with E-state index >= 15 is 0 Å². The zero-order chi connectivity index (χ0) is 16.9. The molecule has 0 saturated carbocycles. The van der Waals surface area contributed by atoms with Crippen molar-refractivity contribution in [2.75, 3.05) is 26.3 Å². The lowest BCUT2D eigenvalue weighted by molar-refractivity contribution is -0.167. The third-order valence-electron chi connectivity index (χ3n) is 3.11. The summed E-state index contributed by atoms with van der Waals surface area (Å²) in [5, 5.41) is 0. The molecule has 0 unspecified atom stereocenters. The van der Waals surface area contributed by atoms with E-state index in [9.17, 15) is 14.4 Å².